The molecule has 0 saturated carbocycles. The molecule has 2 aromatic heterocycles. The van der Waals surface area contributed by atoms with Crippen molar-refractivity contribution in [2.45, 2.75) is 26.2 Å². The van der Waals surface area contributed by atoms with Crippen LogP contribution in [0.5, 0.6) is 0 Å². The van der Waals surface area contributed by atoms with Crippen LogP contribution in [0.15, 0.2) is 65.7 Å². The minimum atomic E-state index is -0.825. The van der Waals surface area contributed by atoms with Gasteiger partial charge in [0.15, 0.2) is 0 Å². The normalized spacial score (nSPS) is 12.4. The van der Waals surface area contributed by atoms with E-state index in [4.69, 9.17) is 16.3 Å². The highest BCUT2D eigenvalue weighted by Crippen LogP contribution is 2.35. The maximum Gasteiger partial charge on any atom is 0.262 e. The van der Waals surface area contributed by atoms with Crippen LogP contribution in [0.4, 0.5) is 0 Å². The van der Waals surface area contributed by atoms with Gasteiger partial charge in [-0.1, -0.05) is 54.1 Å². The average Bonchev–Trinajstić information content (AvgIpc) is 3.09. The fourth-order valence-corrected chi connectivity index (χ4v) is 4.52. The first kappa shape index (κ1) is 20.8. The summed E-state index contributed by atoms with van der Waals surface area (Å²) in [5.41, 5.74) is 2.72. The molecule has 0 radical (unpaired) electrons. The van der Waals surface area contributed by atoms with Crippen LogP contribution in [0, 0.1) is 6.92 Å². The third-order valence-electron chi connectivity index (χ3n) is 4.82. The summed E-state index contributed by atoms with van der Waals surface area (Å²) in [5.74, 6) is 0. The minimum absolute atomic E-state index is 0.112. The lowest BCUT2D eigenvalue weighted by Gasteiger charge is -2.13. The molecule has 0 aliphatic rings. The van der Waals surface area contributed by atoms with Crippen molar-refractivity contribution in [2.24, 2.45) is 0 Å². The molecule has 154 valence electrons. The van der Waals surface area contributed by atoms with Gasteiger partial charge in [-0.3, -0.25) is 9.36 Å². The van der Waals surface area contributed by atoms with E-state index in [1.165, 1.54) is 22.2 Å². The summed E-state index contributed by atoms with van der Waals surface area (Å²) in [7, 11) is 0. The van der Waals surface area contributed by atoms with Crippen LogP contribution in [0.1, 0.15) is 10.4 Å². The van der Waals surface area contributed by atoms with E-state index in [0.29, 0.717) is 21.8 Å². The second-order valence-electron chi connectivity index (χ2n) is 7.08. The molecule has 1 N–H and O–H groups in total. The highest BCUT2D eigenvalue weighted by Gasteiger charge is 2.18. The van der Waals surface area contributed by atoms with Gasteiger partial charge in [-0.15, -0.1) is 11.3 Å². The number of halogens is 1. The summed E-state index contributed by atoms with van der Waals surface area (Å²) in [6.45, 7) is 2.59. The molecule has 0 aliphatic carbocycles. The van der Waals surface area contributed by atoms with Gasteiger partial charge in [0.2, 0.25) is 0 Å². The van der Waals surface area contributed by atoms with E-state index in [9.17, 15) is 9.90 Å². The van der Waals surface area contributed by atoms with Crippen LogP contribution in [-0.4, -0.2) is 27.4 Å². The average molecular weight is 441 g/mol. The molecule has 0 spiro atoms. The number of nitrogens with zero attached hydrogens (tertiary/aromatic N) is 2. The lowest BCUT2D eigenvalue weighted by atomic mass is 10.0. The van der Waals surface area contributed by atoms with Crippen molar-refractivity contribution in [3.8, 4) is 11.1 Å². The van der Waals surface area contributed by atoms with Gasteiger partial charge in [0, 0.05) is 15.5 Å². The molecule has 30 heavy (non-hydrogen) atoms. The Morgan fingerprint density at radius 1 is 1.17 bits per heavy atom. The Morgan fingerprint density at radius 2 is 1.90 bits per heavy atom. The van der Waals surface area contributed by atoms with Gasteiger partial charge in [0.05, 0.1) is 37.6 Å². The zero-order chi connectivity index (χ0) is 21.1. The van der Waals surface area contributed by atoms with E-state index in [2.05, 4.69) is 4.98 Å². The number of hydrogen-bond acceptors (Lipinski definition) is 5. The number of aliphatic hydroxyl groups is 1. The van der Waals surface area contributed by atoms with Gasteiger partial charge in [-0.25, -0.2) is 4.98 Å². The quantitative estimate of drug-likeness (QED) is 0.453. The molecule has 0 aliphatic heterocycles. The SMILES string of the molecule is Cc1sc2ncn(CC(O)COCc3ccc(Cl)cc3)c(=O)c2c1-c1ccccc1. The fourth-order valence-electron chi connectivity index (χ4n) is 3.39. The van der Waals surface area contributed by atoms with E-state index in [-0.39, 0.29) is 18.7 Å². The molecular weight excluding hydrogens is 420 g/mol. The minimum Gasteiger partial charge on any atom is -0.389 e. The standard InChI is InChI=1S/C23H21ClN2O3S/c1-15-20(17-5-3-2-4-6-17)21-22(30-15)25-14-26(23(21)28)11-19(27)13-29-12-16-7-9-18(24)10-8-16/h2-10,14,19,27H,11-13H2,1H3. The van der Waals surface area contributed by atoms with Crippen LogP contribution >= 0.6 is 22.9 Å². The maximum absolute atomic E-state index is 13.2. The summed E-state index contributed by atoms with van der Waals surface area (Å²) < 4.78 is 7.05. The number of benzene rings is 2. The van der Waals surface area contributed by atoms with Crippen LogP contribution < -0.4 is 5.56 Å². The lowest BCUT2D eigenvalue weighted by Crippen LogP contribution is -2.29. The Kier molecular flexibility index (Phi) is 6.29. The number of fused-ring (bicyclic) bond motifs is 1. The van der Waals surface area contributed by atoms with Crippen LogP contribution in [0.25, 0.3) is 21.3 Å². The first-order valence-electron chi connectivity index (χ1n) is 9.57. The highest BCUT2D eigenvalue weighted by molar-refractivity contribution is 7.19. The second kappa shape index (κ2) is 9.10. The number of thiophene rings is 1. The van der Waals surface area contributed by atoms with E-state index in [1.807, 2.05) is 49.4 Å². The Morgan fingerprint density at radius 3 is 2.63 bits per heavy atom. The summed E-state index contributed by atoms with van der Waals surface area (Å²) in [5, 5.41) is 11.6. The molecule has 2 aromatic carbocycles. The third-order valence-corrected chi connectivity index (χ3v) is 6.08. The number of hydrogen-bond donors (Lipinski definition) is 1. The lowest BCUT2D eigenvalue weighted by molar-refractivity contribution is 0.0198. The van der Waals surface area contributed by atoms with Gasteiger partial charge in [-0.05, 0) is 30.2 Å². The van der Waals surface area contributed by atoms with Crippen molar-refractivity contribution in [2.75, 3.05) is 6.61 Å². The van der Waals surface area contributed by atoms with Gasteiger partial charge < -0.3 is 9.84 Å². The maximum atomic E-state index is 13.2. The van der Waals surface area contributed by atoms with Gasteiger partial charge in [0.25, 0.3) is 5.56 Å². The fraction of sp³-hybridized carbons (Fsp3) is 0.217. The first-order chi connectivity index (χ1) is 14.5. The van der Waals surface area contributed by atoms with Crippen LogP contribution in [0.3, 0.4) is 0 Å². The van der Waals surface area contributed by atoms with E-state index < -0.39 is 6.10 Å². The van der Waals surface area contributed by atoms with Crippen molar-refractivity contribution in [1.82, 2.24) is 9.55 Å². The summed E-state index contributed by atoms with van der Waals surface area (Å²) >= 11 is 7.38. The molecule has 0 bridgehead atoms. The summed E-state index contributed by atoms with van der Waals surface area (Å²) in [6, 6.07) is 17.2. The molecule has 2 heterocycles. The third kappa shape index (κ3) is 4.47. The molecule has 1 unspecified atom stereocenters. The van der Waals surface area contributed by atoms with Crippen molar-refractivity contribution in [3.63, 3.8) is 0 Å². The Bertz CT molecular complexity index is 1200. The monoisotopic (exact) mass is 440 g/mol. The van der Waals surface area contributed by atoms with Gasteiger partial charge in [0.1, 0.15) is 4.83 Å². The van der Waals surface area contributed by atoms with E-state index in [1.54, 1.807) is 12.1 Å². The van der Waals surface area contributed by atoms with Crippen molar-refractivity contribution in [3.05, 3.63) is 86.7 Å². The predicted molar refractivity (Wildman–Crippen MR) is 121 cm³/mol. The molecule has 4 rings (SSSR count). The molecule has 0 amide bonds. The number of aryl methyl sites for hydroxylation is 1. The summed E-state index contributed by atoms with van der Waals surface area (Å²) in [6.07, 6.45) is 0.673. The van der Waals surface area contributed by atoms with Crippen LogP contribution in [-0.2, 0) is 17.9 Å². The zero-order valence-electron chi connectivity index (χ0n) is 16.4. The first-order valence-corrected chi connectivity index (χ1v) is 10.8. The van der Waals surface area contributed by atoms with Crippen molar-refractivity contribution in [1.29, 1.82) is 0 Å². The molecule has 4 aromatic rings. The molecule has 5 nitrogen and oxygen atoms in total. The molecule has 7 heteroatoms. The number of ether oxygens (including phenoxy) is 1. The highest BCUT2D eigenvalue weighted by atomic mass is 35.5. The zero-order valence-corrected chi connectivity index (χ0v) is 18.0. The number of aromatic nitrogens is 2. The topological polar surface area (TPSA) is 64.3 Å². The molecular formula is C23H21ClN2O3S. The molecule has 0 fully saturated rings. The number of rotatable bonds is 7. The van der Waals surface area contributed by atoms with Crippen molar-refractivity contribution >= 4 is 33.2 Å². The van der Waals surface area contributed by atoms with Gasteiger partial charge in [-0.2, -0.15) is 0 Å². The van der Waals surface area contributed by atoms with Gasteiger partial charge >= 0.3 is 0 Å². The Hall–Kier alpha value is -2.51. The summed E-state index contributed by atoms with van der Waals surface area (Å²) in [4.78, 5) is 19.4. The van der Waals surface area contributed by atoms with Crippen molar-refractivity contribution < 1.29 is 9.84 Å². The van der Waals surface area contributed by atoms with E-state index in [0.717, 1.165) is 21.6 Å². The largest absolute Gasteiger partial charge is 0.389 e. The molecule has 0 saturated heterocycles. The van der Waals surface area contributed by atoms with E-state index >= 15 is 0 Å². The molecule has 1 atom stereocenters. The Balaban J connectivity index is 1.51. The second-order valence-corrected chi connectivity index (χ2v) is 8.72. The smallest absolute Gasteiger partial charge is 0.262 e. The number of aliphatic hydroxyl groups excluding tert-OH is 1. The Labute approximate surface area is 183 Å². The predicted octanol–water partition coefficient (Wildman–Crippen LogP) is 4.66. The van der Waals surface area contributed by atoms with Crippen LogP contribution in [0.2, 0.25) is 5.02 Å².